The number of hydrogen-bond donors (Lipinski definition) is 0. The Hall–Kier alpha value is -0.583. The molecule has 0 heterocycles. The molecule has 0 aromatic rings. The Morgan fingerprint density at radius 1 is 1.44 bits per heavy atom. The van der Waals surface area contributed by atoms with Crippen LogP contribution in [-0.2, 0) is 4.53 Å². The fraction of sp³-hybridized carbons (Fsp3) is 1.00. The van der Waals surface area contributed by atoms with Crippen molar-refractivity contribution in [3.63, 3.8) is 0 Å². The smallest absolute Gasteiger partial charge is 0.193 e. The molecule has 4 nitrogen and oxygen atoms in total. The summed E-state index contributed by atoms with van der Waals surface area (Å²) in [6, 6.07) is 0. The largest absolute Gasteiger partial charge is 0.421 e. The van der Waals surface area contributed by atoms with Gasteiger partial charge in [-0.1, -0.05) is 19.6 Å². The Kier molecular flexibility index (Phi) is 2.63. The molecule has 0 aliphatic rings. The lowest BCUT2D eigenvalue weighted by Crippen LogP contribution is -2.28. The minimum absolute atomic E-state index is 0.270. The molecule has 0 aromatic heterocycles. The topological polar surface area (TPSA) is 47.7 Å². The molecule has 0 aliphatic heterocycles. The van der Waals surface area contributed by atoms with Crippen LogP contribution < -0.4 is 0 Å². The van der Waals surface area contributed by atoms with Crippen LogP contribution in [0, 0.1) is 5.21 Å². The highest BCUT2D eigenvalue weighted by atomic mass is 28.4. The van der Waals surface area contributed by atoms with Crippen LogP contribution in [0.15, 0.2) is 5.11 Å². The zero-order valence-corrected chi connectivity index (χ0v) is 7.21. The molecular formula is C4H12N2O2Si. The minimum Gasteiger partial charge on any atom is -0.421 e. The predicted octanol–water partition coefficient (Wildman–Crippen LogP) is 1.35. The molecule has 54 valence electrons. The number of nitrogens with zero attached hydrogens (tertiary/aromatic N) is 2. The maximum Gasteiger partial charge on any atom is 0.193 e. The summed E-state index contributed by atoms with van der Waals surface area (Å²) in [6.45, 7) is 5.76. The van der Waals surface area contributed by atoms with Gasteiger partial charge in [-0.25, -0.2) is 5.21 Å². The average molecular weight is 148 g/mol. The first-order valence-corrected chi connectivity index (χ1v) is 6.12. The van der Waals surface area contributed by atoms with Crippen molar-refractivity contribution in [2.24, 2.45) is 5.11 Å². The Bertz CT molecular complexity index is 118. The van der Waals surface area contributed by atoms with E-state index in [2.05, 4.69) is 5.11 Å². The van der Waals surface area contributed by atoms with Crippen LogP contribution in [0.5, 0.6) is 0 Å². The highest BCUT2D eigenvalue weighted by Gasteiger charge is 2.14. The van der Waals surface area contributed by atoms with Crippen molar-refractivity contribution >= 4 is 8.32 Å². The van der Waals surface area contributed by atoms with Gasteiger partial charge in [0.25, 0.3) is 0 Å². The molecule has 0 rings (SSSR count). The molecule has 0 aromatic carbocycles. The minimum atomic E-state index is -1.72. The first-order valence-electron chi connectivity index (χ1n) is 2.72. The zero-order valence-electron chi connectivity index (χ0n) is 6.21. The van der Waals surface area contributed by atoms with Crippen LogP contribution in [0.25, 0.3) is 0 Å². The van der Waals surface area contributed by atoms with Gasteiger partial charge >= 0.3 is 0 Å². The fourth-order valence-electron chi connectivity index (χ4n) is 0.275. The molecule has 0 aliphatic carbocycles. The maximum absolute atomic E-state index is 10.4. The Balaban J connectivity index is 3.75. The van der Waals surface area contributed by atoms with Crippen LogP contribution in [0.2, 0.25) is 19.6 Å². The zero-order chi connectivity index (χ0) is 7.49. The molecule has 0 fully saturated rings. The molecule has 0 atom stereocenters. The molecule has 0 unspecified atom stereocenters. The van der Waals surface area contributed by atoms with Gasteiger partial charge in [0.05, 0.1) is 7.05 Å². The van der Waals surface area contributed by atoms with Crippen LogP contribution in [0.3, 0.4) is 0 Å². The van der Waals surface area contributed by atoms with Gasteiger partial charge in [-0.2, -0.15) is 0 Å². The highest BCUT2D eigenvalue weighted by Crippen LogP contribution is 2.01. The fourth-order valence-corrected chi connectivity index (χ4v) is 0.825. The van der Waals surface area contributed by atoms with Crippen molar-refractivity contribution in [3.05, 3.63) is 5.21 Å². The van der Waals surface area contributed by atoms with Crippen molar-refractivity contribution in [3.8, 4) is 0 Å². The lowest BCUT2D eigenvalue weighted by atomic mass is 11.6. The Morgan fingerprint density at radius 2 is 1.89 bits per heavy atom. The maximum atomic E-state index is 10.4. The van der Waals surface area contributed by atoms with E-state index in [0.29, 0.717) is 0 Å². The Labute approximate surface area is 55.8 Å². The van der Waals surface area contributed by atoms with Gasteiger partial charge in [0, 0.05) is 5.11 Å². The van der Waals surface area contributed by atoms with Gasteiger partial charge in [-0.05, 0) is 0 Å². The summed E-state index contributed by atoms with van der Waals surface area (Å²) < 4.78 is 4.84. The first-order chi connectivity index (χ1) is 3.95. The van der Waals surface area contributed by atoms with E-state index in [1.807, 2.05) is 19.6 Å². The van der Waals surface area contributed by atoms with Crippen molar-refractivity contribution in [1.29, 1.82) is 0 Å². The highest BCUT2D eigenvalue weighted by molar-refractivity contribution is 6.69. The van der Waals surface area contributed by atoms with Gasteiger partial charge in [0.15, 0.2) is 13.3 Å². The van der Waals surface area contributed by atoms with E-state index >= 15 is 0 Å². The third-order valence-electron chi connectivity index (χ3n) is 0.515. The van der Waals surface area contributed by atoms with E-state index in [1.54, 1.807) is 0 Å². The monoisotopic (exact) mass is 148 g/mol. The second-order valence-corrected chi connectivity index (χ2v) is 7.05. The van der Waals surface area contributed by atoms with E-state index in [-0.39, 0.29) is 5.02 Å². The number of hydrogen-bond acceptors (Lipinski definition) is 3. The van der Waals surface area contributed by atoms with E-state index in [9.17, 15) is 5.21 Å². The third kappa shape index (κ3) is 5.29. The summed E-state index contributed by atoms with van der Waals surface area (Å²) in [5.74, 6) is 0. The second-order valence-electron chi connectivity index (χ2n) is 2.64. The summed E-state index contributed by atoms with van der Waals surface area (Å²) in [5.41, 5.74) is 0. The molecule has 0 bridgehead atoms. The van der Waals surface area contributed by atoms with Crippen LogP contribution in [0.4, 0.5) is 0 Å². The summed E-state index contributed by atoms with van der Waals surface area (Å²) in [6.07, 6.45) is 0. The summed E-state index contributed by atoms with van der Waals surface area (Å²) >= 11 is 0. The van der Waals surface area contributed by atoms with Gasteiger partial charge in [0.1, 0.15) is 0 Å². The second kappa shape index (κ2) is 2.81. The third-order valence-corrected chi connectivity index (χ3v) is 1.22. The molecule has 5 heteroatoms. The van der Waals surface area contributed by atoms with E-state index in [0.717, 1.165) is 0 Å². The molecule has 0 saturated carbocycles. The quantitative estimate of drug-likeness (QED) is 0.337. The normalized spacial score (nSPS) is 13.6. The molecule has 9 heavy (non-hydrogen) atoms. The van der Waals surface area contributed by atoms with Gasteiger partial charge in [-0.3, -0.25) is 0 Å². The predicted molar refractivity (Wildman–Crippen MR) is 36.4 cm³/mol. The van der Waals surface area contributed by atoms with E-state index in [1.165, 1.54) is 7.05 Å². The van der Waals surface area contributed by atoms with Crippen molar-refractivity contribution in [2.75, 3.05) is 7.05 Å². The van der Waals surface area contributed by atoms with E-state index in [4.69, 9.17) is 4.53 Å². The average Bonchev–Trinajstić information content (AvgIpc) is 1.62. The molecule has 0 amide bonds. The molecular weight excluding hydrogens is 136 g/mol. The summed E-state index contributed by atoms with van der Waals surface area (Å²) in [4.78, 5) is 0. The standard InChI is InChI=1S/C4H12N2O2Si/c1-5-6(7)8-9(2,3)4/h1-4H3. The number of rotatable bonds is 2. The lowest BCUT2D eigenvalue weighted by molar-refractivity contribution is -0.755. The SMILES string of the molecule is CN=[N+]([O-])O[Si](C)(C)C. The van der Waals surface area contributed by atoms with E-state index < -0.39 is 8.32 Å². The molecule has 0 spiro atoms. The van der Waals surface area contributed by atoms with Crippen LogP contribution >= 0.6 is 0 Å². The Morgan fingerprint density at radius 3 is 2.00 bits per heavy atom. The van der Waals surface area contributed by atoms with Gasteiger partial charge in [-0.15, -0.1) is 0 Å². The van der Waals surface area contributed by atoms with Crippen LogP contribution in [0.1, 0.15) is 0 Å². The molecule has 0 N–H and O–H groups in total. The van der Waals surface area contributed by atoms with Gasteiger partial charge < -0.3 is 4.53 Å². The molecule has 0 saturated heterocycles. The summed E-state index contributed by atoms with van der Waals surface area (Å²) in [7, 11) is -0.326. The van der Waals surface area contributed by atoms with Crippen molar-refractivity contribution < 1.29 is 9.55 Å². The van der Waals surface area contributed by atoms with Crippen molar-refractivity contribution in [1.82, 2.24) is 0 Å². The molecule has 0 radical (unpaired) electrons. The summed E-state index contributed by atoms with van der Waals surface area (Å²) in [5, 5.41) is 13.9. The van der Waals surface area contributed by atoms with Gasteiger partial charge in [0.2, 0.25) is 0 Å². The lowest BCUT2D eigenvalue weighted by Gasteiger charge is -2.16. The van der Waals surface area contributed by atoms with Crippen molar-refractivity contribution in [2.45, 2.75) is 19.6 Å². The van der Waals surface area contributed by atoms with Crippen LogP contribution in [-0.4, -0.2) is 20.4 Å². The first kappa shape index (κ1) is 8.42.